The molecule has 0 radical (unpaired) electrons. The summed E-state index contributed by atoms with van der Waals surface area (Å²) in [4.78, 5) is 25.6. The van der Waals surface area contributed by atoms with E-state index < -0.39 is 5.97 Å². The lowest BCUT2D eigenvalue weighted by Gasteiger charge is -2.20. The number of hydrogen-bond donors (Lipinski definition) is 2. The number of carbonyl (C=O) groups excluding carboxylic acids is 1. The fourth-order valence-corrected chi connectivity index (χ4v) is 3.20. The number of hydrogen-bond acceptors (Lipinski definition) is 3. The van der Waals surface area contributed by atoms with Crippen molar-refractivity contribution in [1.82, 2.24) is 10.2 Å². The molecule has 0 bridgehead atoms. The monoisotopic (exact) mass is 296 g/mol. The van der Waals surface area contributed by atoms with Crippen LogP contribution in [-0.2, 0) is 4.79 Å². The zero-order chi connectivity index (χ0) is 14.5. The van der Waals surface area contributed by atoms with Crippen molar-refractivity contribution in [3.63, 3.8) is 0 Å². The number of aliphatic carboxylic acids is 1. The van der Waals surface area contributed by atoms with Crippen LogP contribution < -0.4 is 5.32 Å². The van der Waals surface area contributed by atoms with Crippen molar-refractivity contribution < 1.29 is 14.7 Å². The summed E-state index contributed by atoms with van der Waals surface area (Å²) in [7, 11) is 0. The topological polar surface area (TPSA) is 69.6 Å². The molecule has 0 saturated carbocycles. The molecule has 2 heterocycles. The molecule has 0 spiro atoms. The van der Waals surface area contributed by atoms with Gasteiger partial charge in [-0.05, 0) is 37.1 Å². The van der Waals surface area contributed by atoms with Gasteiger partial charge in [-0.1, -0.05) is 6.07 Å². The van der Waals surface area contributed by atoms with Gasteiger partial charge >= 0.3 is 12.0 Å². The first-order valence-corrected chi connectivity index (χ1v) is 7.75. The largest absolute Gasteiger partial charge is 0.481 e. The number of carboxylic acids is 1. The van der Waals surface area contributed by atoms with Crippen LogP contribution in [0, 0.1) is 5.92 Å². The smallest absolute Gasteiger partial charge is 0.317 e. The molecule has 5 nitrogen and oxygen atoms in total. The van der Waals surface area contributed by atoms with Gasteiger partial charge in [0.1, 0.15) is 0 Å². The maximum atomic E-state index is 12.1. The fourth-order valence-electron chi connectivity index (χ4n) is 2.47. The number of rotatable bonds is 5. The third kappa shape index (κ3) is 3.96. The molecule has 2 atom stereocenters. The SMILES string of the molecule is CC(NC(=O)N1CCC(CCC(=O)O)C1)c1cccs1. The van der Waals surface area contributed by atoms with Gasteiger partial charge in [0.15, 0.2) is 0 Å². The van der Waals surface area contributed by atoms with Crippen LogP contribution in [0.3, 0.4) is 0 Å². The molecule has 2 N–H and O–H groups in total. The average molecular weight is 296 g/mol. The summed E-state index contributed by atoms with van der Waals surface area (Å²) in [6.45, 7) is 3.35. The predicted molar refractivity (Wildman–Crippen MR) is 77.8 cm³/mol. The standard InChI is InChI=1S/C14H20N2O3S/c1-10(12-3-2-8-20-12)15-14(19)16-7-6-11(9-16)4-5-13(17)18/h2-3,8,10-11H,4-7,9H2,1H3,(H,15,19)(H,17,18). The first-order valence-electron chi connectivity index (χ1n) is 6.87. The van der Waals surface area contributed by atoms with Crippen LogP contribution in [0.15, 0.2) is 17.5 Å². The second kappa shape index (κ2) is 6.74. The van der Waals surface area contributed by atoms with Gasteiger partial charge in [0.05, 0.1) is 6.04 Å². The maximum Gasteiger partial charge on any atom is 0.317 e. The number of nitrogens with zero attached hydrogens (tertiary/aromatic N) is 1. The van der Waals surface area contributed by atoms with E-state index in [-0.39, 0.29) is 18.5 Å². The fraction of sp³-hybridized carbons (Fsp3) is 0.571. The van der Waals surface area contributed by atoms with E-state index in [0.717, 1.165) is 11.3 Å². The molecule has 1 fully saturated rings. The van der Waals surface area contributed by atoms with Crippen LogP contribution >= 0.6 is 11.3 Å². The quantitative estimate of drug-likeness (QED) is 0.877. The van der Waals surface area contributed by atoms with Gasteiger partial charge in [0, 0.05) is 24.4 Å². The molecule has 1 saturated heterocycles. The molecule has 2 amide bonds. The first-order chi connectivity index (χ1) is 9.56. The average Bonchev–Trinajstić information content (AvgIpc) is 3.07. The normalized spacial score (nSPS) is 19.9. The summed E-state index contributed by atoms with van der Waals surface area (Å²) >= 11 is 1.63. The highest BCUT2D eigenvalue weighted by Crippen LogP contribution is 2.23. The van der Waals surface area contributed by atoms with Gasteiger partial charge in [0.2, 0.25) is 0 Å². The Balaban J connectivity index is 1.78. The van der Waals surface area contributed by atoms with E-state index in [1.165, 1.54) is 0 Å². The molecular formula is C14H20N2O3S. The molecule has 110 valence electrons. The number of nitrogens with one attached hydrogen (secondary N) is 1. The molecule has 20 heavy (non-hydrogen) atoms. The Kier molecular flexibility index (Phi) is 5.00. The Morgan fingerprint density at radius 3 is 3.05 bits per heavy atom. The molecule has 6 heteroatoms. The molecule has 2 rings (SSSR count). The Bertz CT molecular complexity index is 461. The van der Waals surface area contributed by atoms with Crippen molar-refractivity contribution in [3.8, 4) is 0 Å². The van der Waals surface area contributed by atoms with Crippen molar-refractivity contribution in [2.45, 2.75) is 32.2 Å². The van der Waals surface area contributed by atoms with Crippen molar-refractivity contribution >= 4 is 23.3 Å². The number of thiophene rings is 1. The van der Waals surface area contributed by atoms with E-state index in [0.29, 0.717) is 25.4 Å². The molecular weight excluding hydrogens is 276 g/mol. The summed E-state index contributed by atoms with van der Waals surface area (Å²) in [5.41, 5.74) is 0. The van der Waals surface area contributed by atoms with Crippen molar-refractivity contribution in [3.05, 3.63) is 22.4 Å². The van der Waals surface area contributed by atoms with E-state index in [1.807, 2.05) is 24.4 Å². The van der Waals surface area contributed by atoms with E-state index in [1.54, 1.807) is 16.2 Å². The third-order valence-electron chi connectivity index (χ3n) is 3.65. The number of urea groups is 1. The van der Waals surface area contributed by atoms with E-state index in [2.05, 4.69) is 5.32 Å². The summed E-state index contributed by atoms with van der Waals surface area (Å²) in [6.07, 6.45) is 1.74. The highest BCUT2D eigenvalue weighted by molar-refractivity contribution is 7.10. The summed E-state index contributed by atoms with van der Waals surface area (Å²) in [6, 6.07) is 3.94. The Morgan fingerprint density at radius 1 is 1.60 bits per heavy atom. The number of carbonyl (C=O) groups is 2. The van der Waals surface area contributed by atoms with Crippen LogP contribution in [0.25, 0.3) is 0 Å². The minimum atomic E-state index is -0.765. The maximum absolute atomic E-state index is 12.1. The first kappa shape index (κ1) is 14.8. The molecule has 1 aromatic rings. The molecule has 0 aliphatic carbocycles. The van der Waals surface area contributed by atoms with E-state index >= 15 is 0 Å². The predicted octanol–water partition coefficient (Wildman–Crippen LogP) is 2.71. The Hall–Kier alpha value is -1.56. The number of carboxylic acid groups (broad SMARTS) is 1. The molecule has 1 aromatic heterocycles. The second-order valence-corrected chi connectivity index (χ2v) is 6.20. The Labute approximate surface area is 122 Å². The number of amides is 2. The van der Waals surface area contributed by atoms with Crippen LogP contribution in [0.5, 0.6) is 0 Å². The minimum Gasteiger partial charge on any atom is -0.481 e. The molecule has 2 unspecified atom stereocenters. The molecule has 0 aromatic carbocycles. The summed E-state index contributed by atoms with van der Waals surface area (Å²) in [5, 5.41) is 13.7. The van der Waals surface area contributed by atoms with E-state index in [4.69, 9.17) is 5.11 Å². The zero-order valence-electron chi connectivity index (χ0n) is 11.5. The van der Waals surface area contributed by atoms with Crippen LogP contribution in [0.1, 0.15) is 37.1 Å². The third-order valence-corrected chi connectivity index (χ3v) is 4.70. The Morgan fingerprint density at radius 2 is 2.40 bits per heavy atom. The highest BCUT2D eigenvalue weighted by Gasteiger charge is 2.27. The number of likely N-dealkylation sites (tertiary alicyclic amines) is 1. The highest BCUT2D eigenvalue weighted by atomic mass is 32.1. The van der Waals surface area contributed by atoms with Crippen LogP contribution in [0.2, 0.25) is 0 Å². The summed E-state index contributed by atoms with van der Waals surface area (Å²) in [5.74, 6) is -0.451. The van der Waals surface area contributed by atoms with Gasteiger partial charge < -0.3 is 15.3 Å². The van der Waals surface area contributed by atoms with Crippen LogP contribution in [-0.4, -0.2) is 35.1 Å². The van der Waals surface area contributed by atoms with Crippen molar-refractivity contribution in [2.24, 2.45) is 5.92 Å². The van der Waals surface area contributed by atoms with Gasteiger partial charge in [0.25, 0.3) is 0 Å². The van der Waals surface area contributed by atoms with Gasteiger partial charge in [-0.3, -0.25) is 4.79 Å². The van der Waals surface area contributed by atoms with Gasteiger partial charge in [-0.25, -0.2) is 4.79 Å². The lowest BCUT2D eigenvalue weighted by atomic mass is 10.0. The minimum absolute atomic E-state index is 0.0144. The van der Waals surface area contributed by atoms with Gasteiger partial charge in [-0.2, -0.15) is 0 Å². The van der Waals surface area contributed by atoms with Crippen molar-refractivity contribution in [1.29, 1.82) is 0 Å². The molecule has 1 aliphatic heterocycles. The zero-order valence-corrected chi connectivity index (χ0v) is 12.4. The second-order valence-electron chi connectivity index (χ2n) is 5.22. The lowest BCUT2D eigenvalue weighted by Crippen LogP contribution is -2.39. The van der Waals surface area contributed by atoms with Gasteiger partial charge in [-0.15, -0.1) is 11.3 Å². The lowest BCUT2D eigenvalue weighted by molar-refractivity contribution is -0.137. The summed E-state index contributed by atoms with van der Waals surface area (Å²) < 4.78 is 0. The van der Waals surface area contributed by atoms with E-state index in [9.17, 15) is 9.59 Å². The van der Waals surface area contributed by atoms with Crippen LogP contribution in [0.4, 0.5) is 4.79 Å². The molecule has 1 aliphatic rings. The van der Waals surface area contributed by atoms with Crippen molar-refractivity contribution in [2.75, 3.05) is 13.1 Å².